The maximum absolute atomic E-state index is 13.2. The summed E-state index contributed by atoms with van der Waals surface area (Å²) in [5.41, 5.74) is 0.921. The quantitative estimate of drug-likeness (QED) is 0.759. The number of amides is 2. The molecule has 5 rings (SSSR count). The van der Waals surface area contributed by atoms with Crippen LogP contribution in [0.4, 0.5) is 0 Å². The Morgan fingerprint density at radius 2 is 2.10 bits per heavy atom. The van der Waals surface area contributed by atoms with Crippen LogP contribution in [-0.4, -0.2) is 57.9 Å². The van der Waals surface area contributed by atoms with Crippen LogP contribution in [0.3, 0.4) is 0 Å². The number of benzene rings is 1. The average molecular weight is 409 g/mol. The van der Waals surface area contributed by atoms with Gasteiger partial charge in [0, 0.05) is 39.0 Å². The lowest BCUT2D eigenvalue weighted by atomic mass is 9.80. The predicted octanol–water partition coefficient (Wildman–Crippen LogP) is 2.41. The standard InChI is InChI=1S/C23H28N4O3/c1-2-26-13-17(12-20(26)28)21(29)27-14-18-9-6-10-23(18,15-27)22-24-19(25-30-22)11-16-7-4-3-5-8-16/h3-5,7-8,17-18H,2,6,9-15H2,1H3/t17-,18+,23+/m0/s1. The third kappa shape index (κ3) is 3.20. The fourth-order valence-corrected chi connectivity index (χ4v) is 5.61. The lowest BCUT2D eigenvalue weighted by Crippen LogP contribution is -2.38. The van der Waals surface area contributed by atoms with Gasteiger partial charge in [0.2, 0.25) is 17.7 Å². The van der Waals surface area contributed by atoms with Crippen molar-refractivity contribution < 1.29 is 14.1 Å². The van der Waals surface area contributed by atoms with Gasteiger partial charge in [0.05, 0.1) is 11.3 Å². The van der Waals surface area contributed by atoms with Crippen LogP contribution >= 0.6 is 0 Å². The highest BCUT2D eigenvalue weighted by molar-refractivity contribution is 5.89. The van der Waals surface area contributed by atoms with Crippen LogP contribution in [0, 0.1) is 11.8 Å². The van der Waals surface area contributed by atoms with E-state index in [9.17, 15) is 9.59 Å². The molecule has 3 fully saturated rings. The SMILES string of the molecule is CCN1C[C@@H](C(=O)N2C[C@H]3CCC[C@@]3(c3nc(Cc4ccccc4)no3)C2)CC1=O. The first kappa shape index (κ1) is 19.3. The van der Waals surface area contributed by atoms with Gasteiger partial charge in [0.25, 0.3) is 0 Å². The number of aromatic nitrogens is 2. The fourth-order valence-electron chi connectivity index (χ4n) is 5.61. The number of carbonyl (C=O) groups is 2. The summed E-state index contributed by atoms with van der Waals surface area (Å²) >= 11 is 0. The Labute approximate surface area is 176 Å². The summed E-state index contributed by atoms with van der Waals surface area (Å²) in [5, 5.41) is 4.25. The van der Waals surface area contributed by atoms with E-state index in [0.717, 1.165) is 31.4 Å². The molecule has 30 heavy (non-hydrogen) atoms. The van der Waals surface area contributed by atoms with Crippen molar-refractivity contribution in [3.63, 3.8) is 0 Å². The fraction of sp³-hybridized carbons (Fsp3) is 0.565. The molecule has 1 aromatic heterocycles. The van der Waals surface area contributed by atoms with E-state index in [0.29, 0.717) is 50.1 Å². The molecule has 0 bridgehead atoms. The number of hydrogen-bond donors (Lipinski definition) is 0. The van der Waals surface area contributed by atoms with E-state index in [2.05, 4.69) is 17.3 Å². The van der Waals surface area contributed by atoms with E-state index in [-0.39, 0.29) is 23.1 Å². The molecule has 0 N–H and O–H groups in total. The topological polar surface area (TPSA) is 79.5 Å². The minimum absolute atomic E-state index is 0.0902. The molecule has 3 atom stereocenters. The number of hydrogen-bond acceptors (Lipinski definition) is 5. The van der Waals surface area contributed by atoms with Crippen LogP contribution in [0.15, 0.2) is 34.9 Å². The first-order chi connectivity index (χ1) is 14.6. The first-order valence-corrected chi connectivity index (χ1v) is 11.0. The largest absolute Gasteiger partial charge is 0.342 e. The summed E-state index contributed by atoms with van der Waals surface area (Å²) in [5.74, 6) is 1.71. The van der Waals surface area contributed by atoms with Crippen LogP contribution in [0.1, 0.15) is 49.9 Å². The Kier molecular flexibility index (Phi) is 4.83. The summed E-state index contributed by atoms with van der Waals surface area (Å²) in [6.07, 6.45) is 4.14. The lowest BCUT2D eigenvalue weighted by Gasteiger charge is -2.25. The van der Waals surface area contributed by atoms with Crippen LogP contribution in [0.25, 0.3) is 0 Å². The lowest BCUT2D eigenvalue weighted by molar-refractivity contribution is -0.135. The van der Waals surface area contributed by atoms with Crippen molar-refractivity contribution in [2.24, 2.45) is 11.8 Å². The third-order valence-corrected chi connectivity index (χ3v) is 7.23. The van der Waals surface area contributed by atoms with E-state index in [4.69, 9.17) is 9.51 Å². The molecule has 0 spiro atoms. The molecule has 1 aromatic carbocycles. The van der Waals surface area contributed by atoms with Crippen molar-refractivity contribution in [1.29, 1.82) is 0 Å². The zero-order valence-corrected chi connectivity index (χ0v) is 17.4. The Bertz CT molecular complexity index is 943. The van der Waals surface area contributed by atoms with Gasteiger partial charge in [-0.1, -0.05) is 41.9 Å². The van der Waals surface area contributed by atoms with Gasteiger partial charge >= 0.3 is 0 Å². The predicted molar refractivity (Wildman–Crippen MR) is 110 cm³/mol. The molecular weight excluding hydrogens is 380 g/mol. The molecule has 2 aliphatic heterocycles. The Balaban J connectivity index is 1.33. The molecule has 1 aliphatic carbocycles. The third-order valence-electron chi connectivity index (χ3n) is 7.23. The molecular formula is C23H28N4O3. The summed E-state index contributed by atoms with van der Waals surface area (Å²) < 4.78 is 5.77. The highest BCUT2D eigenvalue weighted by Gasteiger charge is 2.56. The maximum Gasteiger partial charge on any atom is 0.235 e. The van der Waals surface area contributed by atoms with Gasteiger partial charge < -0.3 is 14.3 Å². The smallest absolute Gasteiger partial charge is 0.235 e. The van der Waals surface area contributed by atoms with Gasteiger partial charge in [0.15, 0.2) is 5.82 Å². The van der Waals surface area contributed by atoms with Crippen LogP contribution < -0.4 is 0 Å². The Morgan fingerprint density at radius 1 is 1.27 bits per heavy atom. The second-order valence-corrected chi connectivity index (χ2v) is 8.98. The second kappa shape index (κ2) is 7.52. The number of nitrogens with zero attached hydrogens (tertiary/aromatic N) is 4. The minimum atomic E-state index is -0.231. The molecule has 2 saturated heterocycles. The number of likely N-dealkylation sites (tertiary alicyclic amines) is 2. The van der Waals surface area contributed by atoms with Gasteiger partial charge in [-0.3, -0.25) is 9.59 Å². The summed E-state index contributed by atoms with van der Waals surface area (Å²) in [6.45, 7) is 4.53. The summed E-state index contributed by atoms with van der Waals surface area (Å²) in [6, 6.07) is 10.1. The van der Waals surface area contributed by atoms with Crippen LogP contribution in [0.5, 0.6) is 0 Å². The number of fused-ring (bicyclic) bond motifs is 1. The summed E-state index contributed by atoms with van der Waals surface area (Å²) in [7, 11) is 0. The highest BCUT2D eigenvalue weighted by atomic mass is 16.5. The maximum atomic E-state index is 13.2. The minimum Gasteiger partial charge on any atom is -0.342 e. The molecule has 3 heterocycles. The van der Waals surface area contributed by atoms with Gasteiger partial charge in [-0.25, -0.2) is 0 Å². The molecule has 2 aromatic rings. The number of carbonyl (C=O) groups excluding carboxylic acids is 2. The Hall–Kier alpha value is -2.70. The van der Waals surface area contributed by atoms with Crippen molar-refractivity contribution in [3.05, 3.63) is 47.6 Å². The first-order valence-electron chi connectivity index (χ1n) is 11.0. The van der Waals surface area contributed by atoms with E-state index < -0.39 is 0 Å². The molecule has 7 heteroatoms. The van der Waals surface area contributed by atoms with Crippen molar-refractivity contribution in [1.82, 2.24) is 19.9 Å². The molecule has 0 unspecified atom stereocenters. The zero-order valence-electron chi connectivity index (χ0n) is 17.4. The molecule has 2 amide bonds. The highest BCUT2D eigenvalue weighted by Crippen LogP contribution is 2.50. The van der Waals surface area contributed by atoms with Gasteiger partial charge in [-0.15, -0.1) is 0 Å². The Morgan fingerprint density at radius 3 is 2.87 bits per heavy atom. The summed E-state index contributed by atoms with van der Waals surface area (Å²) in [4.78, 5) is 33.8. The normalized spacial score (nSPS) is 28.4. The van der Waals surface area contributed by atoms with Gasteiger partial charge in [0.1, 0.15) is 0 Å². The van der Waals surface area contributed by atoms with E-state index >= 15 is 0 Å². The van der Waals surface area contributed by atoms with Crippen molar-refractivity contribution >= 4 is 11.8 Å². The average Bonchev–Trinajstić information content (AvgIpc) is 3.50. The molecule has 0 radical (unpaired) electrons. The zero-order chi connectivity index (χ0) is 20.7. The van der Waals surface area contributed by atoms with Gasteiger partial charge in [-0.2, -0.15) is 4.98 Å². The van der Waals surface area contributed by atoms with E-state index in [1.807, 2.05) is 30.0 Å². The van der Waals surface area contributed by atoms with E-state index in [1.165, 1.54) is 0 Å². The van der Waals surface area contributed by atoms with Gasteiger partial charge in [-0.05, 0) is 31.2 Å². The van der Waals surface area contributed by atoms with E-state index in [1.54, 1.807) is 4.90 Å². The molecule has 158 valence electrons. The molecule has 3 aliphatic rings. The van der Waals surface area contributed by atoms with Crippen molar-refractivity contribution in [3.8, 4) is 0 Å². The molecule has 1 saturated carbocycles. The monoisotopic (exact) mass is 408 g/mol. The van der Waals surface area contributed by atoms with Crippen molar-refractivity contribution in [2.75, 3.05) is 26.2 Å². The van der Waals surface area contributed by atoms with Crippen molar-refractivity contribution in [2.45, 2.75) is 44.4 Å². The second-order valence-electron chi connectivity index (χ2n) is 8.98. The van der Waals surface area contributed by atoms with Crippen LogP contribution in [-0.2, 0) is 21.4 Å². The number of rotatable bonds is 5. The van der Waals surface area contributed by atoms with Crippen LogP contribution in [0.2, 0.25) is 0 Å². The molecule has 7 nitrogen and oxygen atoms in total.